The van der Waals surface area contributed by atoms with Gasteiger partial charge in [-0.1, -0.05) is 41.9 Å². The number of amides is 1. The Balaban J connectivity index is 1.49. The van der Waals surface area contributed by atoms with E-state index in [1.807, 2.05) is 12.1 Å². The van der Waals surface area contributed by atoms with Crippen LogP contribution in [0.4, 0.5) is 5.82 Å². The second-order valence-corrected chi connectivity index (χ2v) is 7.53. The minimum atomic E-state index is -0.411. The van der Waals surface area contributed by atoms with Gasteiger partial charge in [0.2, 0.25) is 5.91 Å². The van der Waals surface area contributed by atoms with Crippen LogP contribution in [0.2, 0.25) is 0 Å². The van der Waals surface area contributed by atoms with Crippen LogP contribution >= 0.6 is 11.6 Å². The third kappa shape index (κ3) is 3.42. The first-order chi connectivity index (χ1) is 12.6. The lowest BCUT2D eigenvalue weighted by Crippen LogP contribution is -2.40. The number of piperidine rings is 1. The molecule has 1 saturated heterocycles. The van der Waals surface area contributed by atoms with E-state index in [0.29, 0.717) is 11.5 Å². The fraction of sp³-hybridized carbons (Fsp3) is 0.286. The first-order valence-corrected chi connectivity index (χ1v) is 9.41. The van der Waals surface area contributed by atoms with Gasteiger partial charge in [0, 0.05) is 23.0 Å². The number of H-pyrrole nitrogens is 1. The van der Waals surface area contributed by atoms with Crippen LogP contribution in [-0.4, -0.2) is 22.9 Å². The summed E-state index contributed by atoms with van der Waals surface area (Å²) in [5.74, 6) is 1.19. The molecule has 3 N–H and O–H groups in total. The van der Waals surface area contributed by atoms with E-state index in [1.165, 1.54) is 5.56 Å². The molecular formula is C21H22ClN3O. The molecule has 1 aliphatic heterocycles. The third-order valence-electron chi connectivity index (χ3n) is 5.21. The predicted octanol–water partition coefficient (Wildman–Crippen LogP) is 4.29. The summed E-state index contributed by atoms with van der Waals surface area (Å²) in [6, 6.07) is 18.1. The molecule has 0 bridgehead atoms. The molecule has 2 unspecified atom stereocenters. The first kappa shape index (κ1) is 17.0. The van der Waals surface area contributed by atoms with E-state index in [9.17, 15) is 4.79 Å². The van der Waals surface area contributed by atoms with Crippen LogP contribution < -0.4 is 10.6 Å². The van der Waals surface area contributed by atoms with Crippen LogP contribution in [0.15, 0.2) is 54.6 Å². The number of hydrogen-bond donors (Lipinski definition) is 2. The number of nitrogens with two attached hydrogens (primary N) is 1. The zero-order valence-corrected chi connectivity index (χ0v) is 15.2. The molecule has 3 aromatic rings. The molecule has 1 amide bonds. The van der Waals surface area contributed by atoms with Crippen LogP contribution in [0.3, 0.4) is 0 Å². The van der Waals surface area contributed by atoms with Gasteiger partial charge in [0.05, 0.1) is 0 Å². The Morgan fingerprint density at radius 3 is 2.73 bits per heavy atom. The number of fused-ring (bicyclic) bond motifs is 1. The van der Waals surface area contributed by atoms with Crippen molar-refractivity contribution in [2.45, 2.75) is 24.8 Å². The Morgan fingerprint density at radius 2 is 2.00 bits per heavy atom. The highest BCUT2D eigenvalue weighted by molar-refractivity contribution is 6.22. The molecule has 0 spiro atoms. The minimum absolute atomic E-state index is 0.0406. The van der Waals surface area contributed by atoms with Gasteiger partial charge in [-0.15, -0.1) is 0 Å². The van der Waals surface area contributed by atoms with E-state index >= 15 is 0 Å². The summed E-state index contributed by atoms with van der Waals surface area (Å²) >= 11 is 6.72. The van der Waals surface area contributed by atoms with Crippen LogP contribution in [0.25, 0.3) is 10.9 Å². The van der Waals surface area contributed by atoms with Gasteiger partial charge in [0.25, 0.3) is 0 Å². The average Bonchev–Trinajstić information content (AvgIpc) is 3.05. The molecule has 2 aromatic carbocycles. The largest absolute Gasteiger partial charge is 0.366 e. The first-order valence-electron chi connectivity index (χ1n) is 8.97. The van der Waals surface area contributed by atoms with E-state index in [2.05, 4.69) is 46.3 Å². The van der Waals surface area contributed by atoms with Crippen molar-refractivity contribution in [1.29, 1.82) is 0 Å². The number of carbonyl (C=O) groups is 1. The van der Waals surface area contributed by atoms with Crippen LogP contribution in [0.5, 0.6) is 0 Å². The standard InChI is InChI=1S/C21H22ClN3O/c22-19-11-15(10-14-4-2-1-3-5-14)8-9-25(19)20-13-17-12-16(21(23)26)6-7-18(17)24-20/h1-7,12-13,15,19,24H,8-11H2,(H2,23,26). The van der Waals surface area contributed by atoms with Gasteiger partial charge in [-0.05, 0) is 55.0 Å². The molecule has 1 aromatic heterocycles. The van der Waals surface area contributed by atoms with Crippen molar-refractivity contribution in [3.05, 3.63) is 65.7 Å². The highest BCUT2D eigenvalue weighted by Gasteiger charge is 2.28. The van der Waals surface area contributed by atoms with Crippen molar-refractivity contribution in [3.8, 4) is 0 Å². The number of primary amides is 1. The summed E-state index contributed by atoms with van der Waals surface area (Å²) in [5, 5.41) is 0.978. The summed E-state index contributed by atoms with van der Waals surface area (Å²) in [6.45, 7) is 0.918. The molecule has 0 aliphatic carbocycles. The monoisotopic (exact) mass is 367 g/mol. The Hall–Kier alpha value is -2.46. The summed E-state index contributed by atoms with van der Waals surface area (Å²) in [4.78, 5) is 17.0. The summed E-state index contributed by atoms with van der Waals surface area (Å²) in [5.41, 5.74) is 8.21. The van der Waals surface area contributed by atoms with Gasteiger partial charge in [0.15, 0.2) is 0 Å². The number of carbonyl (C=O) groups excluding carboxylic acids is 1. The Bertz CT molecular complexity index is 921. The lowest BCUT2D eigenvalue weighted by Gasteiger charge is -2.37. The van der Waals surface area contributed by atoms with Gasteiger partial charge < -0.3 is 15.6 Å². The smallest absolute Gasteiger partial charge is 0.248 e. The molecule has 0 saturated carbocycles. The molecule has 26 heavy (non-hydrogen) atoms. The van der Waals surface area contributed by atoms with Crippen LogP contribution in [-0.2, 0) is 6.42 Å². The summed E-state index contributed by atoms with van der Waals surface area (Å²) in [6.07, 6.45) is 3.14. The van der Waals surface area contributed by atoms with E-state index in [-0.39, 0.29) is 5.50 Å². The minimum Gasteiger partial charge on any atom is -0.366 e. The molecule has 0 radical (unpaired) electrons. The molecule has 4 rings (SSSR count). The molecule has 2 atom stereocenters. The second kappa shape index (κ2) is 7.04. The van der Waals surface area contributed by atoms with Crippen molar-refractivity contribution in [1.82, 2.24) is 4.98 Å². The molecule has 1 fully saturated rings. The summed E-state index contributed by atoms with van der Waals surface area (Å²) in [7, 11) is 0. The quantitative estimate of drug-likeness (QED) is 0.533. The van der Waals surface area contributed by atoms with Gasteiger partial charge in [0.1, 0.15) is 11.3 Å². The number of anilines is 1. The van der Waals surface area contributed by atoms with Gasteiger partial charge in [-0.3, -0.25) is 4.79 Å². The number of hydrogen-bond acceptors (Lipinski definition) is 2. The topological polar surface area (TPSA) is 62.1 Å². The lowest BCUT2D eigenvalue weighted by atomic mass is 9.90. The van der Waals surface area contributed by atoms with Crippen molar-refractivity contribution in [3.63, 3.8) is 0 Å². The highest BCUT2D eigenvalue weighted by Crippen LogP contribution is 2.33. The predicted molar refractivity (Wildman–Crippen MR) is 107 cm³/mol. The second-order valence-electron chi connectivity index (χ2n) is 7.03. The molecule has 5 heteroatoms. The number of aromatic amines is 1. The molecule has 2 heterocycles. The Labute approximate surface area is 157 Å². The molecule has 4 nitrogen and oxygen atoms in total. The van der Waals surface area contributed by atoms with Crippen LogP contribution in [0.1, 0.15) is 28.8 Å². The number of benzene rings is 2. The van der Waals surface area contributed by atoms with E-state index in [4.69, 9.17) is 17.3 Å². The number of nitrogens with zero attached hydrogens (tertiary/aromatic N) is 1. The van der Waals surface area contributed by atoms with Crippen molar-refractivity contribution >= 4 is 34.2 Å². The van der Waals surface area contributed by atoms with Crippen molar-refractivity contribution in [2.24, 2.45) is 11.7 Å². The van der Waals surface area contributed by atoms with Crippen molar-refractivity contribution < 1.29 is 4.79 Å². The Morgan fingerprint density at radius 1 is 1.19 bits per heavy atom. The Kier molecular flexibility index (Phi) is 4.60. The highest BCUT2D eigenvalue weighted by atomic mass is 35.5. The third-order valence-corrected chi connectivity index (χ3v) is 5.63. The summed E-state index contributed by atoms with van der Waals surface area (Å²) < 4.78 is 0. The van der Waals surface area contributed by atoms with Gasteiger partial charge in [-0.2, -0.15) is 0 Å². The van der Waals surface area contributed by atoms with E-state index in [0.717, 1.165) is 42.5 Å². The number of rotatable bonds is 4. The number of halogens is 1. The van der Waals surface area contributed by atoms with Gasteiger partial charge >= 0.3 is 0 Å². The molecule has 1 aliphatic rings. The van der Waals surface area contributed by atoms with E-state index < -0.39 is 5.91 Å². The normalized spacial score (nSPS) is 20.4. The maximum absolute atomic E-state index is 11.4. The average molecular weight is 368 g/mol. The maximum atomic E-state index is 11.4. The number of nitrogens with one attached hydrogen (secondary N) is 1. The number of aromatic nitrogens is 1. The fourth-order valence-electron chi connectivity index (χ4n) is 3.81. The lowest BCUT2D eigenvalue weighted by molar-refractivity contribution is 0.100. The fourth-order valence-corrected chi connectivity index (χ4v) is 4.27. The maximum Gasteiger partial charge on any atom is 0.248 e. The van der Waals surface area contributed by atoms with E-state index in [1.54, 1.807) is 6.07 Å². The number of alkyl halides is 1. The SMILES string of the molecule is NC(=O)c1ccc2[nH]c(N3CCC(Cc4ccccc4)CC3Cl)cc2c1. The molecular weight excluding hydrogens is 346 g/mol. The van der Waals surface area contributed by atoms with Crippen LogP contribution in [0, 0.1) is 5.92 Å². The van der Waals surface area contributed by atoms with Crippen molar-refractivity contribution in [2.75, 3.05) is 11.4 Å². The zero-order chi connectivity index (χ0) is 18.1. The molecule has 134 valence electrons. The zero-order valence-electron chi connectivity index (χ0n) is 14.5. The van der Waals surface area contributed by atoms with Gasteiger partial charge in [-0.25, -0.2) is 0 Å².